The second kappa shape index (κ2) is 13.0. The van der Waals surface area contributed by atoms with Gasteiger partial charge in [0.25, 0.3) is 0 Å². The van der Waals surface area contributed by atoms with Crippen molar-refractivity contribution in [2.45, 2.75) is 84.7 Å². The maximum Gasteiger partial charge on any atom is 0.408 e. The molecule has 2 aromatic rings. The first kappa shape index (κ1) is 30.2. The van der Waals surface area contributed by atoms with E-state index < -0.39 is 35.2 Å². The van der Waals surface area contributed by atoms with Crippen molar-refractivity contribution in [2.24, 2.45) is 0 Å². The normalized spacial score (nSPS) is 13.3. The lowest BCUT2D eigenvalue weighted by Crippen LogP contribution is -2.59. The van der Waals surface area contributed by atoms with E-state index in [4.69, 9.17) is 4.74 Å². The fourth-order valence-corrected chi connectivity index (χ4v) is 4.04. The van der Waals surface area contributed by atoms with Crippen molar-refractivity contribution in [3.8, 4) is 0 Å². The highest BCUT2D eigenvalue weighted by molar-refractivity contribution is 7.80. The lowest BCUT2D eigenvalue weighted by atomic mass is 9.92. The Kier molecular flexibility index (Phi) is 10.6. The molecule has 0 aliphatic rings. The highest BCUT2D eigenvalue weighted by Gasteiger charge is 2.42. The number of hydrogen-bond donors (Lipinski definition) is 3. The van der Waals surface area contributed by atoms with Gasteiger partial charge in [-0.2, -0.15) is 12.6 Å². The molecular formula is C29H41N3O4S. The molecule has 2 rings (SSSR count). The molecule has 0 saturated heterocycles. The van der Waals surface area contributed by atoms with Gasteiger partial charge in [0.2, 0.25) is 11.8 Å². The molecule has 2 aromatic carbocycles. The van der Waals surface area contributed by atoms with Crippen molar-refractivity contribution in [3.63, 3.8) is 0 Å². The van der Waals surface area contributed by atoms with Gasteiger partial charge in [0, 0.05) is 17.8 Å². The molecule has 0 aliphatic heterocycles. The van der Waals surface area contributed by atoms with Crippen LogP contribution in [-0.2, 0) is 20.9 Å². The van der Waals surface area contributed by atoms with Gasteiger partial charge < -0.3 is 20.3 Å². The predicted molar refractivity (Wildman–Crippen MR) is 150 cm³/mol. The van der Waals surface area contributed by atoms with Crippen LogP contribution in [0.15, 0.2) is 54.6 Å². The van der Waals surface area contributed by atoms with Crippen molar-refractivity contribution >= 4 is 30.5 Å². The van der Waals surface area contributed by atoms with E-state index in [1.54, 1.807) is 25.7 Å². The Bertz CT molecular complexity index is 1050. The van der Waals surface area contributed by atoms with E-state index in [0.29, 0.717) is 18.5 Å². The Labute approximate surface area is 226 Å². The van der Waals surface area contributed by atoms with E-state index >= 15 is 0 Å². The van der Waals surface area contributed by atoms with Crippen LogP contribution in [0, 0.1) is 6.92 Å². The Morgan fingerprint density at radius 2 is 1.57 bits per heavy atom. The van der Waals surface area contributed by atoms with E-state index in [1.807, 2.05) is 82.3 Å². The summed E-state index contributed by atoms with van der Waals surface area (Å²) >= 11 is 4.35. The van der Waals surface area contributed by atoms with Gasteiger partial charge in [-0.1, -0.05) is 67.1 Å². The Balaban J connectivity index is 2.49. The fraction of sp³-hybridized carbons (Fsp3) is 0.483. The number of carbonyl (C=O) groups is 3. The number of thiol groups is 1. The van der Waals surface area contributed by atoms with Crippen molar-refractivity contribution in [3.05, 3.63) is 71.3 Å². The molecular weight excluding hydrogens is 486 g/mol. The Hall–Kier alpha value is -3.00. The number of hydrogen-bond acceptors (Lipinski definition) is 5. The third-order valence-corrected chi connectivity index (χ3v) is 6.50. The molecule has 0 aliphatic carbocycles. The number of rotatable bonds is 10. The third-order valence-electron chi connectivity index (χ3n) is 6.14. The Morgan fingerprint density at radius 3 is 2.08 bits per heavy atom. The predicted octanol–water partition coefficient (Wildman–Crippen LogP) is 5.19. The van der Waals surface area contributed by atoms with Gasteiger partial charge in [-0.3, -0.25) is 9.59 Å². The minimum Gasteiger partial charge on any atom is -0.444 e. The van der Waals surface area contributed by atoms with E-state index in [-0.39, 0.29) is 11.7 Å². The highest BCUT2D eigenvalue weighted by atomic mass is 32.1. The summed E-state index contributed by atoms with van der Waals surface area (Å²) in [5.41, 5.74) is 1.23. The summed E-state index contributed by atoms with van der Waals surface area (Å²) < 4.78 is 5.37. The summed E-state index contributed by atoms with van der Waals surface area (Å²) in [7, 11) is 0. The molecule has 2 unspecified atom stereocenters. The number of amides is 3. The largest absolute Gasteiger partial charge is 0.444 e. The van der Waals surface area contributed by atoms with E-state index in [9.17, 15) is 14.4 Å². The molecule has 37 heavy (non-hydrogen) atoms. The zero-order valence-corrected chi connectivity index (χ0v) is 23.9. The second-order valence-corrected chi connectivity index (χ2v) is 11.1. The smallest absolute Gasteiger partial charge is 0.408 e. The van der Waals surface area contributed by atoms with E-state index in [0.717, 1.165) is 11.1 Å². The number of aryl methyl sites for hydroxylation is 1. The summed E-state index contributed by atoms with van der Waals surface area (Å²) in [6.45, 7) is 13.3. The molecule has 0 bridgehead atoms. The maximum absolute atomic E-state index is 14.1. The zero-order valence-electron chi connectivity index (χ0n) is 23.0. The first-order chi connectivity index (χ1) is 17.3. The average Bonchev–Trinajstić information content (AvgIpc) is 2.84. The number of ether oxygens (including phenoxy) is 1. The van der Waals surface area contributed by atoms with Crippen molar-refractivity contribution in [2.75, 3.05) is 5.75 Å². The SMILES string of the molecule is CCC(C)(C)N(C(=O)C(CS)NC(=O)OC(C)(C)C)C(C(=O)NCc1ccccc1)c1ccc(C)cc1. The second-order valence-electron chi connectivity index (χ2n) is 10.8. The first-order valence-corrected chi connectivity index (χ1v) is 13.2. The summed E-state index contributed by atoms with van der Waals surface area (Å²) in [6.07, 6.45) is -0.131. The van der Waals surface area contributed by atoms with Crippen LogP contribution in [0.2, 0.25) is 0 Å². The van der Waals surface area contributed by atoms with Crippen LogP contribution in [0.1, 0.15) is 70.7 Å². The average molecular weight is 528 g/mol. The molecule has 0 fully saturated rings. The van der Waals surface area contributed by atoms with Crippen LogP contribution < -0.4 is 10.6 Å². The topological polar surface area (TPSA) is 87.7 Å². The number of benzene rings is 2. The Morgan fingerprint density at radius 1 is 0.973 bits per heavy atom. The maximum atomic E-state index is 14.1. The summed E-state index contributed by atoms with van der Waals surface area (Å²) in [5.74, 6) is -0.674. The number of nitrogens with one attached hydrogen (secondary N) is 2. The molecule has 2 atom stereocenters. The van der Waals surface area contributed by atoms with E-state index in [2.05, 4.69) is 23.3 Å². The summed E-state index contributed by atoms with van der Waals surface area (Å²) in [6, 6.07) is 15.3. The van der Waals surface area contributed by atoms with Crippen LogP contribution in [-0.4, -0.2) is 45.7 Å². The van der Waals surface area contributed by atoms with Crippen LogP contribution >= 0.6 is 12.6 Å². The molecule has 0 radical (unpaired) electrons. The standard InChI is InChI=1S/C29H41N3O4S/c1-8-29(6,7)32(26(34)23(19-37)31-27(35)36-28(3,4)5)24(22-16-14-20(2)15-17-22)25(33)30-18-21-12-10-9-11-13-21/h9-17,23-24,37H,8,18-19H2,1-7H3,(H,30,33)(H,31,35). The monoisotopic (exact) mass is 527 g/mol. The zero-order chi connectivity index (χ0) is 27.8. The van der Waals surface area contributed by atoms with Gasteiger partial charge in [0.1, 0.15) is 17.7 Å². The van der Waals surface area contributed by atoms with Crippen molar-refractivity contribution in [1.82, 2.24) is 15.5 Å². The number of carbonyl (C=O) groups excluding carboxylic acids is 3. The van der Waals surface area contributed by atoms with Gasteiger partial charge in [0.15, 0.2) is 0 Å². The van der Waals surface area contributed by atoms with Crippen molar-refractivity contribution < 1.29 is 19.1 Å². The molecule has 202 valence electrons. The first-order valence-electron chi connectivity index (χ1n) is 12.6. The molecule has 7 nitrogen and oxygen atoms in total. The van der Waals surface area contributed by atoms with Gasteiger partial charge in [0.05, 0.1) is 0 Å². The van der Waals surface area contributed by atoms with Gasteiger partial charge >= 0.3 is 6.09 Å². The lowest BCUT2D eigenvalue weighted by Gasteiger charge is -2.44. The summed E-state index contributed by atoms with van der Waals surface area (Å²) in [4.78, 5) is 42.0. The third kappa shape index (κ3) is 8.81. The van der Waals surface area contributed by atoms with Crippen LogP contribution in [0.5, 0.6) is 0 Å². The van der Waals surface area contributed by atoms with Gasteiger partial charge in [-0.15, -0.1) is 0 Å². The van der Waals surface area contributed by atoms with Gasteiger partial charge in [-0.05, 0) is 59.1 Å². The number of alkyl carbamates (subject to hydrolysis) is 1. The van der Waals surface area contributed by atoms with Crippen LogP contribution in [0.25, 0.3) is 0 Å². The number of nitrogens with zero attached hydrogens (tertiary/aromatic N) is 1. The van der Waals surface area contributed by atoms with E-state index in [1.165, 1.54) is 0 Å². The molecule has 3 amide bonds. The molecule has 0 heterocycles. The molecule has 0 aromatic heterocycles. The van der Waals surface area contributed by atoms with Crippen LogP contribution in [0.3, 0.4) is 0 Å². The molecule has 0 saturated carbocycles. The lowest BCUT2D eigenvalue weighted by molar-refractivity contribution is -0.149. The quantitative estimate of drug-likeness (QED) is 0.371. The van der Waals surface area contributed by atoms with Gasteiger partial charge in [-0.25, -0.2) is 4.79 Å². The summed E-state index contributed by atoms with van der Waals surface area (Å²) in [5, 5.41) is 5.66. The van der Waals surface area contributed by atoms with Crippen molar-refractivity contribution in [1.29, 1.82) is 0 Å². The molecule has 0 spiro atoms. The van der Waals surface area contributed by atoms with Crippen LogP contribution in [0.4, 0.5) is 4.79 Å². The fourth-order valence-electron chi connectivity index (χ4n) is 3.80. The highest BCUT2D eigenvalue weighted by Crippen LogP contribution is 2.32. The minimum absolute atomic E-state index is 0.0423. The molecule has 2 N–H and O–H groups in total. The minimum atomic E-state index is -0.987. The molecule has 8 heteroatoms.